The van der Waals surface area contributed by atoms with Crippen LogP contribution in [0.3, 0.4) is 0 Å². The summed E-state index contributed by atoms with van der Waals surface area (Å²) >= 11 is 5.93. The molecule has 1 N–H and O–H groups in total. The van der Waals surface area contributed by atoms with E-state index in [9.17, 15) is 4.79 Å². The summed E-state index contributed by atoms with van der Waals surface area (Å²) in [5.41, 5.74) is 3.48. The van der Waals surface area contributed by atoms with Crippen molar-refractivity contribution < 1.29 is 14.3 Å². The number of aromatic nitrogens is 1. The molecular weight excluding hydrogens is 388 g/mol. The van der Waals surface area contributed by atoms with E-state index < -0.39 is 0 Å². The van der Waals surface area contributed by atoms with Crippen molar-refractivity contribution in [3.63, 3.8) is 0 Å². The highest BCUT2D eigenvalue weighted by atomic mass is 35.5. The highest BCUT2D eigenvalue weighted by Gasteiger charge is 2.17. The van der Waals surface area contributed by atoms with Crippen molar-refractivity contribution in [1.82, 2.24) is 4.98 Å². The lowest BCUT2D eigenvalue weighted by Gasteiger charge is -2.11. The number of hydrogen-bond donors (Lipinski definition) is 1. The summed E-state index contributed by atoms with van der Waals surface area (Å²) < 4.78 is 10.9. The number of nitrogens with zero attached hydrogens (tertiary/aromatic N) is 1. The first-order valence-corrected chi connectivity index (χ1v) is 9.42. The Labute approximate surface area is 171 Å². The summed E-state index contributed by atoms with van der Waals surface area (Å²) in [5, 5.41) is 4.32. The Morgan fingerprint density at radius 3 is 2.59 bits per heavy atom. The zero-order chi connectivity index (χ0) is 19.8. The quantitative estimate of drug-likeness (QED) is 0.489. The lowest BCUT2D eigenvalue weighted by molar-refractivity contribution is 0.102. The average Bonchev–Trinajstić information content (AvgIpc) is 3.22. The van der Waals surface area contributed by atoms with E-state index in [0.717, 1.165) is 16.5 Å². The minimum atomic E-state index is -0.215. The summed E-state index contributed by atoms with van der Waals surface area (Å²) in [6, 6.07) is 22.0. The van der Waals surface area contributed by atoms with Crippen molar-refractivity contribution in [1.29, 1.82) is 0 Å². The number of anilines is 1. The maximum absolute atomic E-state index is 13.1. The third kappa shape index (κ3) is 3.37. The van der Waals surface area contributed by atoms with E-state index in [2.05, 4.69) is 5.32 Å². The normalized spacial score (nSPS) is 12.2. The Morgan fingerprint density at radius 1 is 0.931 bits per heavy atom. The Hall–Kier alpha value is -3.57. The van der Waals surface area contributed by atoms with Gasteiger partial charge in [0.15, 0.2) is 11.5 Å². The minimum absolute atomic E-state index is 0.207. The van der Waals surface area contributed by atoms with E-state index in [1.165, 1.54) is 0 Å². The van der Waals surface area contributed by atoms with Crippen LogP contribution in [-0.2, 0) is 0 Å². The third-order valence-corrected chi connectivity index (χ3v) is 4.98. The highest BCUT2D eigenvalue weighted by molar-refractivity contribution is 6.30. The van der Waals surface area contributed by atoms with Gasteiger partial charge in [0.1, 0.15) is 0 Å². The molecule has 6 heteroatoms. The van der Waals surface area contributed by atoms with E-state index in [-0.39, 0.29) is 12.7 Å². The molecule has 1 aromatic heterocycles. The SMILES string of the molecule is O=C(Nc1ccc(Cl)cc1)c1cc(-c2ccc3c(c2)OCO3)nc2ccccc12. The molecule has 1 aliphatic heterocycles. The van der Waals surface area contributed by atoms with E-state index in [1.54, 1.807) is 30.3 Å². The average molecular weight is 403 g/mol. The number of rotatable bonds is 3. The largest absolute Gasteiger partial charge is 0.454 e. The van der Waals surface area contributed by atoms with Gasteiger partial charge in [-0.25, -0.2) is 4.98 Å². The smallest absolute Gasteiger partial charge is 0.256 e. The molecule has 0 bridgehead atoms. The molecule has 0 saturated heterocycles. The Kier molecular flexibility index (Phi) is 4.30. The number of benzene rings is 3. The Bertz CT molecular complexity index is 1240. The fourth-order valence-corrected chi connectivity index (χ4v) is 3.42. The Balaban J connectivity index is 1.58. The molecule has 0 unspecified atom stereocenters. The molecular formula is C23H15ClN2O3. The van der Waals surface area contributed by atoms with Gasteiger partial charge in [0.2, 0.25) is 6.79 Å². The van der Waals surface area contributed by atoms with E-state index in [4.69, 9.17) is 26.1 Å². The van der Waals surface area contributed by atoms with Gasteiger partial charge in [-0.15, -0.1) is 0 Å². The standard InChI is InChI=1S/C23H15ClN2O3/c24-15-6-8-16(9-7-15)25-23(27)18-12-20(26-19-4-2-1-3-17(18)19)14-5-10-21-22(11-14)29-13-28-21/h1-12H,13H2,(H,25,27). The van der Waals surface area contributed by atoms with Crippen molar-refractivity contribution >= 4 is 34.1 Å². The molecule has 0 atom stereocenters. The van der Waals surface area contributed by atoms with Crippen molar-refractivity contribution in [2.45, 2.75) is 0 Å². The van der Waals surface area contributed by atoms with Gasteiger partial charge in [0.05, 0.1) is 16.8 Å². The summed E-state index contributed by atoms with van der Waals surface area (Å²) in [4.78, 5) is 17.8. The van der Waals surface area contributed by atoms with Crippen LogP contribution in [0.2, 0.25) is 5.02 Å². The van der Waals surface area contributed by atoms with Crippen molar-refractivity contribution in [2.75, 3.05) is 12.1 Å². The van der Waals surface area contributed by atoms with E-state index in [0.29, 0.717) is 33.5 Å². The molecule has 1 aliphatic rings. The molecule has 3 aromatic carbocycles. The second kappa shape index (κ2) is 7.11. The first-order valence-electron chi connectivity index (χ1n) is 9.04. The molecule has 142 valence electrons. The van der Waals surface area contributed by atoms with Crippen LogP contribution < -0.4 is 14.8 Å². The topological polar surface area (TPSA) is 60.5 Å². The van der Waals surface area contributed by atoms with Crippen LogP contribution in [0.5, 0.6) is 11.5 Å². The van der Waals surface area contributed by atoms with Crippen LogP contribution in [0.1, 0.15) is 10.4 Å². The number of para-hydroxylation sites is 1. The fourth-order valence-electron chi connectivity index (χ4n) is 3.30. The van der Waals surface area contributed by atoms with Gasteiger partial charge in [0, 0.05) is 21.7 Å². The third-order valence-electron chi connectivity index (χ3n) is 4.73. The number of amides is 1. The number of fused-ring (bicyclic) bond motifs is 2. The maximum Gasteiger partial charge on any atom is 0.256 e. The van der Waals surface area contributed by atoms with Crippen LogP contribution in [-0.4, -0.2) is 17.7 Å². The first-order chi connectivity index (χ1) is 14.2. The number of pyridine rings is 1. The molecule has 5 nitrogen and oxygen atoms in total. The second-order valence-corrected chi connectivity index (χ2v) is 7.04. The van der Waals surface area contributed by atoms with Gasteiger partial charge >= 0.3 is 0 Å². The number of carbonyl (C=O) groups excluding carboxylic acids is 1. The fraction of sp³-hybridized carbons (Fsp3) is 0.0435. The van der Waals surface area contributed by atoms with Gasteiger partial charge in [-0.1, -0.05) is 29.8 Å². The summed E-state index contributed by atoms with van der Waals surface area (Å²) in [6.07, 6.45) is 0. The number of ether oxygens (including phenoxy) is 2. The van der Waals surface area contributed by atoms with Gasteiger partial charge in [-0.05, 0) is 54.6 Å². The zero-order valence-corrected chi connectivity index (χ0v) is 15.9. The van der Waals surface area contributed by atoms with Crippen LogP contribution >= 0.6 is 11.6 Å². The number of halogens is 1. The molecule has 0 aliphatic carbocycles. The minimum Gasteiger partial charge on any atom is -0.454 e. The van der Waals surface area contributed by atoms with Crippen LogP contribution in [0, 0.1) is 0 Å². The van der Waals surface area contributed by atoms with E-state index in [1.807, 2.05) is 42.5 Å². The van der Waals surface area contributed by atoms with Gasteiger partial charge in [0.25, 0.3) is 5.91 Å². The van der Waals surface area contributed by atoms with Crippen molar-refractivity contribution in [3.8, 4) is 22.8 Å². The lowest BCUT2D eigenvalue weighted by Crippen LogP contribution is -2.13. The van der Waals surface area contributed by atoms with E-state index >= 15 is 0 Å². The predicted octanol–water partition coefficient (Wildman–Crippen LogP) is 5.54. The molecule has 2 heterocycles. The summed E-state index contributed by atoms with van der Waals surface area (Å²) in [6.45, 7) is 0.207. The molecule has 4 aromatic rings. The van der Waals surface area contributed by atoms with Crippen molar-refractivity contribution in [2.24, 2.45) is 0 Å². The molecule has 5 rings (SSSR count). The number of hydrogen-bond acceptors (Lipinski definition) is 4. The van der Waals surface area contributed by atoms with Crippen LogP contribution in [0.15, 0.2) is 72.8 Å². The summed E-state index contributed by atoms with van der Waals surface area (Å²) in [7, 11) is 0. The van der Waals surface area contributed by atoms with Crippen molar-refractivity contribution in [3.05, 3.63) is 83.4 Å². The second-order valence-electron chi connectivity index (χ2n) is 6.60. The van der Waals surface area contributed by atoms with Gasteiger partial charge < -0.3 is 14.8 Å². The molecule has 29 heavy (non-hydrogen) atoms. The zero-order valence-electron chi connectivity index (χ0n) is 15.2. The number of nitrogens with one attached hydrogen (secondary N) is 1. The first kappa shape index (κ1) is 17.5. The lowest BCUT2D eigenvalue weighted by atomic mass is 10.0. The predicted molar refractivity (Wildman–Crippen MR) is 113 cm³/mol. The highest BCUT2D eigenvalue weighted by Crippen LogP contribution is 2.36. The molecule has 0 fully saturated rings. The summed E-state index contributed by atoms with van der Waals surface area (Å²) in [5.74, 6) is 1.16. The monoisotopic (exact) mass is 402 g/mol. The van der Waals surface area contributed by atoms with Gasteiger partial charge in [-0.3, -0.25) is 4.79 Å². The Morgan fingerprint density at radius 2 is 1.72 bits per heavy atom. The molecule has 0 saturated carbocycles. The molecule has 0 radical (unpaired) electrons. The maximum atomic E-state index is 13.1. The number of carbonyl (C=O) groups is 1. The van der Waals surface area contributed by atoms with Crippen LogP contribution in [0.4, 0.5) is 5.69 Å². The molecule has 1 amide bonds. The van der Waals surface area contributed by atoms with Gasteiger partial charge in [-0.2, -0.15) is 0 Å². The van der Waals surface area contributed by atoms with Crippen LogP contribution in [0.25, 0.3) is 22.2 Å². The molecule has 0 spiro atoms.